The largest absolute Gasteiger partial charge is 0.263 e. The van der Waals surface area contributed by atoms with Crippen LogP contribution in [0.15, 0.2) is 65.6 Å². The molecular weight excluding hydrogens is 346 g/mol. The lowest BCUT2D eigenvalue weighted by molar-refractivity contribution is 0.600. The van der Waals surface area contributed by atoms with E-state index in [9.17, 15) is 8.42 Å². The third-order valence-electron chi connectivity index (χ3n) is 3.90. The predicted molar refractivity (Wildman–Crippen MR) is 103 cm³/mol. The molecule has 6 heteroatoms. The lowest BCUT2D eigenvalue weighted by atomic mass is 10.0. The first-order chi connectivity index (χ1) is 12.4. The summed E-state index contributed by atoms with van der Waals surface area (Å²) in [6.45, 7) is 10.7. The Morgan fingerprint density at radius 2 is 1.69 bits per heavy atom. The van der Waals surface area contributed by atoms with Crippen LogP contribution in [0, 0.1) is 20.4 Å². The van der Waals surface area contributed by atoms with Gasteiger partial charge in [0.1, 0.15) is 5.82 Å². The highest BCUT2D eigenvalue weighted by atomic mass is 32.2. The zero-order chi connectivity index (χ0) is 18.7. The molecule has 0 amide bonds. The number of sulfonamides is 1. The Morgan fingerprint density at radius 3 is 2.38 bits per heavy atom. The molecule has 3 aromatic rings. The second kappa shape index (κ2) is 6.98. The van der Waals surface area contributed by atoms with Crippen LogP contribution in [0.3, 0.4) is 0 Å². The van der Waals surface area contributed by atoms with Gasteiger partial charge >= 0.3 is 0 Å². The Morgan fingerprint density at radius 1 is 0.962 bits per heavy atom. The van der Waals surface area contributed by atoms with Crippen LogP contribution in [0.1, 0.15) is 11.3 Å². The van der Waals surface area contributed by atoms with Gasteiger partial charge < -0.3 is 0 Å². The molecule has 130 valence electrons. The summed E-state index contributed by atoms with van der Waals surface area (Å²) in [5.74, 6) is 0.290. The van der Waals surface area contributed by atoms with E-state index in [1.807, 2.05) is 12.1 Å². The zero-order valence-corrected chi connectivity index (χ0v) is 15.2. The Kier molecular flexibility index (Phi) is 4.74. The fourth-order valence-electron chi connectivity index (χ4n) is 2.68. The number of nitrogens with zero attached hydrogens (tertiary/aromatic N) is 2. The van der Waals surface area contributed by atoms with E-state index in [1.165, 1.54) is 0 Å². The van der Waals surface area contributed by atoms with Gasteiger partial charge in [0.15, 0.2) is 5.69 Å². The van der Waals surface area contributed by atoms with Crippen molar-refractivity contribution >= 4 is 21.5 Å². The fourth-order valence-corrected chi connectivity index (χ4v) is 3.91. The average Bonchev–Trinajstić information content (AvgIpc) is 2.61. The second-order valence-electron chi connectivity index (χ2n) is 5.91. The minimum absolute atomic E-state index is 0.200. The highest BCUT2D eigenvalue weighted by Crippen LogP contribution is 2.28. The Balaban J connectivity index is 1.95. The number of hydrogen-bond acceptors (Lipinski definition) is 3. The summed E-state index contributed by atoms with van der Waals surface area (Å²) in [5.41, 5.74) is 3.64. The predicted octanol–water partition coefficient (Wildman–Crippen LogP) is 4.72. The molecule has 1 heterocycles. The molecule has 2 aromatic carbocycles. The Labute approximate surface area is 153 Å². The molecule has 0 fully saturated rings. The molecule has 0 saturated carbocycles. The van der Waals surface area contributed by atoms with Gasteiger partial charge in [0.25, 0.3) is 10.0 Å². The average molecular weight is 363 g/mol. The van der Waals surface area contributed by atoms with Gasteiger partial charge in [-0.05, 0) is 54.8 Å². The normalized spacial score (nSPS) is 11.0. The highest BCUT2D eigenvalue weighted by Gasteiger charge is 2.18. The van der Waals surface area contributed by atoms with Crippen molar-refractivity contribution in [2.24, 2.45) is 0 Å². The Bertz CT molecular complexity index is 1120. The quantitative estimate of drug-likeness (QED) is 0.682. The minimum atomic E-state index is -3.73. The molecule has 26 heavy (non-hydrogen) atoms. The fraction of sp³-hybridized carbons (Fsp3) is 0.100. The van der Waals surface area contributed by atoms with Gasteiger partial charge in [-0.3, -0.25) is 4.72 Å². The topological polar surface area (TPSA) is 63.4 Å². The molecule has 0 saturated heterocycles. The van der Waals surface area contributed by atoms with Crippen molar-refractivity contribution in [1.29, 1.82) is 0 Å². The first kappa shape index (κ1) is 17.6. The number of benzene rings is 2. The molecule has 0 atom stereocenters. The summed E-state index contributed by atoms with van der Waals surface area (Å²) in [6, 6.07) is 17.5. The third kappa shape index (κ3) is 3.73. The van der Waals surface area contributed by atoms with Crippen LogP contribution in [-0.2, 0) is 10.0 Å². The molecule has 0 spiro atoms. The van der Waals surface area contributed by atoms with E-state index in [4.69, 9.17) is 6.57 Å². The monoisotopic (exact) mass is 363 g/mol. The van der Waals surface area contributed by atoms with Gasteiger partial charge in [0, 0.05) is 5.69 Å². The van der Waals surface area contributed by atoms with Crippen molar-refractivity contribution < 1.29 is 8.42 Å². The molecule has 0 bridgehead atoms. The van der Waals surface area contributed by atoms with Gasteiger partial charge in [0.2, 0.25) is 0 Å². The van der Waals surface area contributed by atoms with Crippen LogP contribution >= 0.6 is 0 Å². The number of nitrogens with one attached hydrogen (secondary N) is 1. The van der Waals surface area contributed by atoms with E-state index in [2.05, 4.69) is 14.6 Å². The van der Waals surface area contributed by atoms with Crippen LogP contribution < -0.4 is 4.72 Å². The van der Waals surface area contributed by atoms with Crippen molar-refractivity contribution in [1.82, 2.24) is 4.98 Å². The molecule has 0 unspecified atom stereocenters. The van der Waals surface area contributed by atoms with E-state index in [0.29, 0.717) is 17.1 Å². The first-order valence-electron chi connectivity index (χ1n) is 7.94. The van der Waals surface area contributed by atoms with Crippen LogP contribution in [0.2, 0.25) is 0 Å². The van der Waals surface area contributed by atoms with Crippen molar-refractivity contribution in [3.8, 4) is 11.1 Å². The Hall–Kier alpha value is -3.17. The van der Waals surface area contributed by atoms with Crippen molar-refractivity contribution in [3.63, 3.8) is 0 Å². The van der Waals surface area contributed by atoms with Gasteiger partial charge in [0.05, 0.1) is 11.5 Å². The second-order valence-corrected chi connectivity index (χ2v) is 7.56. The van der Waals surface area contributed by atoms with Gasteiger partial charge in [-0.15, -0.1) is 0 Å². The molecule has 0 aliphatic heterocycles. The van der Waals surface area contributed by atoms with Crippen LogP contribution in [0.5, 0.6) is 0 Å². The van der Waals surface area contributed by atoms with Crippen molar-refractivity contribution in [2.45, 2.75) is 18.7 Å². The maximum atomic E-state index is 12.7. The van der Waals surface area contributed by atoms with Crippen molar-refractivity contribution in [3.05, 3.63) is 83.3 Å². The van der Waals surface area contributed by atoms with Crippen LogP contribution in [0.25, 0.3) is 16.0 Å². The molecule has 0 aliphatic carbocycles. The third-order valence-corrected chi connectivity index (χ3v) is 5.42. The highest BCUT2D eigenvalue weighted by molar-refractivity contribution is 7.92. The maximum Gasteiger partial charge on any atom is 0.263 e. The molecule has 0 radical (unpaired) electrons. The first-order valence-corrected chi connectivity index (χ1v) is 9.42. The summed E-state index contributed by atoms with van der Waals surface area (Å²) >= 11 is 0. The summed E-state index contributed by atoms with van der Waals surface area (Å²) in [4.78, 5) is 7.81. The zero-order valence-electron chi connectivity index (χ0n) is 14.4. The molecular formula is C20H17N3O2S. The van der Waals surface area contributed by atoms with Crippen LogP contribution in [0.4, 0.5) is 11.5 Å². The SMILES string of the molecule is [C-]#[N+]c1cccc(-c2ccc(S(=O)(=O)Nc3cccc(C)n3)c(C)c2)c1. The summed E-state index contributed by atoms with van der Waals surface area (Å²) in [6.07, 6.45) is 0. The summed E-state index contributed by atoms with van der Waals surface area (Å²) < 4.78 is 27.9. The van der Waals surface area contributed by atoms with Gasteiger partial charge in [-0.2, -0.15) is 0 Å². The van der Waals surface area contributed by atoms with E-state index in [-0.39, 0.29) is 4.90 Å². The molecule has 1 aromatic heterocycles. The number of aryl methyl sites for hydroxylation is 2. The van der Waals surface area contributed by atoms with Gasteiger partial charge in [-0.25, -0.2) is 18.2 Å². The smallest absolute Gasteiger partial charge is 0.263 e. The number of aromatic nitrogens is 1. The molecule has 0 aliphatic rings. The molecule has 1 N–H and O–H groups in total. The number of pyridine rings is 1. The summed E-state index contributed by atoms with van der Waals surface area (Å²) in [7, 11) is -3.73. The van der Waals surface area contributed by atoms with E-state index < -0.39 is 10.0 Å². The number of hydrogen-bond donors (Lipinski definition) is 1. The van der Waals surface area contributed by atoms with E-state index >= 15 is 0 Å². The van der Waals surface area contributed by atoms with Gasteiger partial charge in [-0.1, -0.05) is 36.4 Å². The van der Waals surface area contributed by atoms with E-state index in [0.717, 1.165) is 16.8 Å². The van der Waals surface area contributed by atoms with Crippen molar-refractivity contribution in [2.75, 3.05) is 4.72 Å². The minimum Gasteiger partial charge on any atom is -0.263 e. The number of anilines is 1. The molecule has 5 nitrogen and oxygen atoms in total. The lowest BCUT2D eigenvalue weighted by Gasteiger charge is -2.12. The number of rotatable bonds is 4. The lowest BCUT2D eigenvalue weighted by Crippen LogP contribution is -2.15. The maximum absolute atomic E-state index is 12.7. The van der Waals surface area contributed by atoms with Crippen LogP contribution in [-0.4, -0.2) is 13.4 Å². The molecule has 3 rings (SSSR count). The summed E-state index contributed by atoms with van der Waals surface area (Å²) in [5, 5.41) is 0. The van der Waals surface area contributed by atoms with E-state index in [1.54, 1.807) is 62.4 Å². The standard InChI is InChI=1S/C20H17N3O2S/c1-14-12-17(16-7-5-8-18(13-16)21-3)10-11-19(14)26(24,25)23-20-9-4-6-15(2)22-20/h4-13H,1-2H3,(H,22,23).